The van der Waals surface area contributed by atoms with E-state index >= 15 is 0 Å². The van der Waals surface area contributed by atoms with Gasteiger partial charge in [0, 0.05) is 19.2 Å². The Hall–Kier alpha value is -2.87. The molecule has 0 unspecified atom stereocenters. The molecular weight excluding hydrogens is 292 g/mol. The molecule has 3 aromatic rings. The lowest BCUT2D eigenvalue weighted by atomic mass is 9.97. The minimum Gasteiger partial charge on any atom is -0.319 e. The standard InChI is InChI=1S/C22H21N2/c1-17-13-19(18-9-5-3-6-10-18)14-20-15-24(16-23(2)22(17)20)21-11-7-4-8-12-21/h3-15H,16H2,1-2H3/q+1. The number of fused-ring (bicyclic) bond motifs is 1. The van der Waals surface area contributed by atoms with Gasteiger partial charge < -0.3 is 4.90 Å². The third-order valence-electron chi connectivity index (χ3n) is 4.57. The van der Waals surface area contributed by atoms with Gasteiger partial charge in [0.1, 0.15) is 0 Å². The van der Waals surface area contributed by atoms with Crippen LogP contribution in [0.4, 0.5) is 11.4 Å². The highest BCUT2D eigenvalue weighted by atomic mass is 15.3. The van der Waals surface area contributed by atoms with Crippen molar-refractivity contribution in [3.05, 3.63) is 83.9 Å². The fourth-order valence-electron chi connectivity index (χ4n) is 3.51. The molecule has 0 bridgehead atoms. The molecule has 0 amide bonds. The third kappa shape index (κ3) is 2.61. The largest absolute Gasteiger partial charge is 0.319 e. The fourth-order valence-corrected chi connectivity index (χ4v) is 3.51. The van der Waals surface area contributed by atoms with E-state index < -0.39 is 0 Å². The van der Waals surface area contributed by atoms with Crippen LogP contribution in [0.5, 0.6) is 0 Å². The van der Waals surface area contributed by atoms with Crippen LogP contribution in [0.3, 0.4) is 0 Å². The van der Waals surface area contributed by atoms with Crippen molar-refractivity contribution in [1.29, 1.82) is 0 Å². The lowest BCUT2D eigenvalue weighted by molar-refractivity contribution is -0.435. The quantitative estimate of drug-likeness (QED) is 0.614. The Morgan fingerprint density at radius 1 is 0.833 bits per heavy atom. The van der Waals surface area contributed by atoms with Gasteiger partial charge in [-0.05, 0) is 35.7 Å². The molecule has 0 radical (unpaired) electrons. The summed E-state index contributed by atoms with van der Waals surface area (Å²) in [5, 5.41) is 0. The lowest BCUT2D eigenvalue weighted by Crippen LogP contribution is -2.32. The Labute approximate surface area is 143 Å². The fraction of sp³-hybridized carbons (Fsp3) is 0.136. The minimum atomic E-state index is 0.864. The summed E-state index contributed by atoms with van der Waals surface area (Å²) in [5.41, 5.74) is 7.66. The number of nitrogens with zero attached hydrogens (tertiary/aromatic N) is 2. The predicted octanol–water partition coefficient (Wildman–Crippen LogP) is 4.83. The smallest absolute Gasteiger partial charge is 0.224 e. The minimum absolute atomic E-state index is 0.864. The number of hydrogen-bond donors (Lipinski definition) is 0. The maximum Gasteiger partial charge on any atom is 0.224 e. The second-order valence-electron chi connectivity index (χ2n) is 6.37. The monoisotopic (exact) mass is 313 g/mol. The highest BCUT2D eigenvalue weighted by Gasteiger charge is 2.23. The van der Waals surface area contributed by atoms with Gasteiger partial charge >= 0.3 is 0 Å². The molecule has 0 spiro atoms. The van der Waals surface area contributed by atoms with Gasteiger partial charge in [-0.25, -0.2) is 0 Å². The zero-order chi connectivity index (χ0) is 16.5. The first-order chi connectivity index (χ1) is 11.7. The summed E-state index contributed by atoms with van der Waals surface area (Å²) in [5.74, 6) is 0. The lowest BCUT2D eigenvalue weighted by Gasteiger charge is -2.26. The molecule has 1 aliphatic heterocycles. The topological polar surface area (TPSA) is 6.25 Å². The van der Waals surface area contributed by atoms with Gasteiger partial charge in [-0.2, -0.15) is 4.58 Å². The predicted molar refractivity (Wildman–Crippen MR) is 101 cm³/mol. The number of para-hydroxylation sites is 1. The van der Waals surface area contributed by atoms with Crippen molar-refractivity contribution in [3.8, 4) is 11.1 Å². The van der Waals surface area contributed by atoms with E-state index in [1.165, 1.54) is 33.6 Å². The van der Waals surface area contributed by atoms with Gasteiger partial charge in [0.25, 0.3) is 0 Å². The SMILES string of the molecule is Cc1cc(-c2ccccc2)cc2c1N(C)C[N+](c1ccccc1)=C2. The molecule has 0 atom stereocenters. The van der Waals surface area contributed by atoms with Gasteiger partial charge in [0.05, 0.1) is 11.3 Å². The summed E-state index contributed by atoms with van der Waals surface area (Å²) in [6.07, 6.45) is 2.27. The maximum atomic E-state index is 2.33. The number of aryl methyl sites for hydroxylation is 1. The summed E-state index contributed by atoms with van der Waals surface area (Å²) in [7, 11) is 2.16. The van der Waals surface area contributed by atoms with Gasteiger partial charge in [-0.3, -0.25) is 0 Å². The normalized spacial score (nSPS) is 13.4. The number of rotatable bonds is 2. The summed E-state index contributed by atoms with van der Waals surface area (Å²) < 4.78 is 2.30. The van der Waals surface area contributed by atoms with Crippen LogP contribution in [0.1, 0.15) is 11.1 Å². The van der Waals surface area contributed by atoms with E-state index in [2.05, 4.69) is 102 Å². The van der Waals surface area contributed by atoms with Crippen LogP contribution >= 0.6 is 0 Å². The molecule has 1 aliphatic rings. The van der Waals surface area contributed by atoms with Gasteiger partial charge in [0.2, 0.25) is 12.4 Å². The molecule has 3 aromatic carbocycles. The Bertz CT molecular complexity index is 896. The molecule has 0 saturated carbocycles. The molecule has 118 valence electrons. The van der Waals surface area contributed by atoms with E-state index in [1.54, 1.807) is 0 Å². The van der Waals surface area contributed by atoms with Crippen molar-refractivity contribution < 1.29 is 4.58 Å². The van der Waals surface area contributed by atoms with Crippen LogP contribution in [0.15, 0.2) is 72.8 Å². The summed E-state index contributed by atoms with van der Waals surface area (Å²) in [4.78, 5) is 2.33. The second-order valence-corrected chi connectivity index (χ2v) is 6.37. The molecule has 0 aromatic heterocycles. The average Bonchev–Trinajstić information content (AvgIpc) is 2.62. The molecule has 2 nitrogen and oxygen atoms in total. The zero-order valence-corrected chi connectivity index (χ0v) is 14.1. The zero-order valence-electron chi connectivity index (χ0n) is 14.1. The summed E-state index contributed by atoms with van der Waals surface area (Å²) in [6.45, 7) is 3.07. The van der Waals surface area contributed by atoms with E-state index in [0.29, 0.717) is 0 Å². The third-order valence-corrected chi connectivity index (χ3v) is 4.57. The highest BCUT2D eigenvalue weighted by molar-refractivity contribution is 5.91. The van der Waals surface area contributed by atoms with Gasteiger partial charge in [-0.15, -0.1) is 0 Å². The van der Waals surface area contributed by atoms with E-state index in [-0.39, 0.29) is 0 Å². The van der Waals surface area contributed by atoms with Crippen molar-refractivity contribution in [1.82, 2.24) is 0 Å². The summed E-state index contributed by atoms with van der Waals surface area (Å²) >= 11 is 0. The van der Waals surface area contributed by atoms with Crippen LogP contribution < -0.4 is 4.90 Å². The van der Waals surface area contributed by atoms with Crippen LogP contribution in [-0.2, 0) is 0 Å². The Kier molecular flexibility index (Phi) is 3.66. The van der Waals surface area contributed by atoms with Crippen LogP contribution in [0.25, 0.3) is 11.1 Å². The molecule has 0 aliphatic carbocycles. The van der Waals surface area contributed by atoms with Crippen LogP contribution in [0.2, 0.25) is 0 Å². The molecule has 0 saturated heterocycles. The van der Waals surface area contributed by atoms with Crippen molar-refractivity contribution in [2.75, 3.05) is 18.6 Å². The van der Waals surface area contributed by atoms with Crippen LogP contribution in [-0.4, -0.2) is 24.5 Å². The Balaban J connectivity index is 1.86. The van der Waals surface area contributed by atoms with Crippen molar-refractivity contribution in [3.63, 3.8) is 0 Å². The highest BCUT2D eigenvalue weighted by Crippen LogP contribution is 2.32. The number of anilines is 1. The van der Waals surface area contributed by atoms with Crippen LogP contribution in [0, 0.1) is 6.92 Å². The van der Waals surface area contributed by atoms with Crippen molar-refractivity contribution in [2.24, 2.45) is 0 Å². The number of benzene rings is 3. The van der Waals surface area contributed by atoms with E-state index in [1.807, 2.05) is 0 Å². The Morgan fingerprint density at radius 3 is 2.21 bits per heavy atom. The van der Waals surface area contributed by atoms with Crippen molar-refractivity contribution >= 4 is 17.6 Å². The average molecular weight is 313 g/mol. The van der Waals surface area contributed by atoms with Gasteiger partial charge in [0.15, 0.2) is 6.21 Å². The molecular formula is C22H21N2+. The molecule has 24 heavy (non-hydrogen) atoms. The Morgan fingerprint density at radius 2 is 1.50 bits per heavy atom. The number of hydrogen-bond acceptors (Lipinski definition) is 1. The molecule has 0 N–H and O–H groups in total. The van der Waals surface area contributed by atoms with Gasteiger partial charge in [-0.1, -0.05) is 48.5 Å². The second kappa shape index (κ2) is 5.97. The van der Waals surface area contributed by atoms with E-state index in [4.69, 9.17) is 0 Å². The first-order valence-electron chi connectivity index (χ1n) is 8.30. The van der Waals surface area contributed by atoms with E-state index in [9.17, 15) is 0 Å². The maximum absolute atomic E-state index is 2.33. The first-order valence-corrected chi connectivity index (χ1v) is 8.30. The molecule has 1 heterocycles. The molecule has 4 rings (SSSR count). The first kappa shape index (κ1) is 14.7. The molecule has 0 fully saturated rings. The summed E-state index contributed by atoms with van der Waals surface area (Å²) in [6, 6.07) is 25.7. The van der Waals surface area contributed by atoms with E-state index in [0.717, 1.165) is 6.67 Å². The molecule has 2 heteroatoms. The van der Waals surface area contributed by atoms with Crippen molar-refractivity contribution in [2.45, 2.75) is 6.92 Å².